The van der Waals surface area contributed by atoms with Gasteiger partial charge < -0.3 is 0 Å². The zero-order valence-corrected chi connectivity index (χ0v) is 26.2. The normalized spacial score (nSPS) is 50.8. The van der Waals surface area contributed by atoms with Gasteiger partial charge in [0, 0.05) is 0 Å². The van der Waals surface area contributed by atoms with E-state index in [0.717, 1.165) is 35.5 Å². The minimum atomic E-state index is 0.473. The van der Waals surface area contributed by atoms with E-state index >= 15 is 0 Å². The molecule has 5 fully saturated rings. The molecule has 35 heavy (non-hydrogen) atoms. The fraction of sp³-hybridized carbons (Fsp3) is 1.00. The van der Waals surface area contributed by atoms with E-state index in [-0.39, 0.29) is 0 Å². The zero-order chi connectivity index (χ0) is 26.2. The second-order valence-electron chi connectivity index (χ2n) is 16.5. The van der Waals surface area contributed by atoms with Crippen LogP contribution in [0.25, 0.3) is 0 Å². The van der Waals surface area contributed by atoms with Crippen LogP contribution in [-0.4, -0.2) is 0 Å². The molecular formula is C35H64. The van der Waals surface area contributed by atoms with E-state index in [9.17, 15) is 0 Å². The van der Waals surface area contributed by atoms with Crippen molar-refractivity contribution in [1.29, 1.82) is 0 Å². The van der Waals surface area contributed by atoms with Crippen molar-refractivity contribution in [2.75, 3.05) is 0 Å². The molecule has 0 aliphatic heterocycles. The Balaban J connectivity index is 0.00000141. The molecule has 0 heterocycles. The molecule has 0 aromatic rings. The molecule has 0 N–H and O–H groups in total. The van der Waals surface area contributed by atoms with E-state index in [1.165, 1.54) is 70.6 Å². The number of rotatable bonds is 2. The Morgan fingerprint density at radius 3 is 1.94 bits per heavy atom. The van der Waals surface area contributed by atoms with Crippen molar-refractivity contribution in [3.63, 3.8) is 0 Å². The van der Waals surface area contributed by atoms with Crippen LogP contribution in [0.1, 0.15) is 154 Å². The van der Waals surface area contributed by atoms with Crippen LogP contribution in [0.3, 0.4) is 0 Å². The summed E-state index contributed by atoms with van der Waals surface area (Å²) in [4.78, 5) is 0. The second kappa shape index (κ2) is 8.76. The molecule has 0 heteroatoms. The Morgan fingerprint density at radius 2 is 1.31 bits per heavy atom. The third kappa shape index (κ3) is 3.41. The van der Waals surface area contributed by atoms with Crippen molar-refractivity contribution in [1.82, 2.24) is 0 Å². The Bertz CT molecular complexity index is 773. The predicted octanol–water partition coefficient (Wildman–Crippen LogP) is 11.2. The van der Waals surface area contributed by atoms with E-state index in [2.05, 4.69) is 69.2 Å². The molecule has 0 aromatic heterocycles. The summed E-state index contributed by atoms with van der Waals surface area (Å²) in [5.41, 5.74) is 3.27. The van der Waals surface area contributed by atoms with Crippen molar-refractivity contribution in [3.8, 4) is 0 Å². The molecule has 204 valence electrons. The van der Waals surface area contributed by atoms with Crippen LogP contribution >= 0.6 is 0 Å². The molecule has 5 saturated carbocycles. The molecule has 9 atom stereocenters. The van der Waals surface area contributed by atoms with Gasteiger partial charge in [-0.2, -0.15) is 0 Å². The first-order valence-electron chi connectivity index (χ1n) is 16.2. The molecule has 5 aliphatic carbocycles. The molecule has 0 radical (unpaired) electrons. The topological polar surface area (TPSA) is 0 Å². The Hall–Kier alpha value is 0. The molecule has 0 nitrogen and oxygen atoms in total. The highest BCUT2D eigenvalue weighted by Crippen LogP contribution is 2.78. The second-order valence-corrected chi connectivity index (χ2v) is 16.5. The van der Waals surface area contributed by atoms with Gasteiger partial charge in [-0.05, 0) is 132 Å². The maximum absolute atomic E-state index is 2.83. The maximum atomic E-state index is 2.83. The van der Waals surface area contributed by atoms with Gasteiger partial charge in [-0.15, -0.1) is 0 Å². The van der Waals surface area contributed by atoms with Gasteiger partial charge in [0.05, 0.1) is 0 Å². The third-order valence-electron chi connectivity index (χ3n) is 15.6. The van der Waals surface area contributed by atoms with Gasteiger partial charge in [-0.25, -0.2) is 0 Å². The smallest absolute Gasteiger partial charge is 0.0212 e. The number of hydrogen-bond acceptors (Lipinski definition) is 0. The molecule has 4 unspecified atom stereocenters. The molecular weight excluding hydrogens is 420 g/mol. The highest BCUT2D eigenvalue weighted by Gasteiger charge is 2.71. The fourth-order valence-electron chi connectivity index (χ4n) is 12.4. The summed E-state index contributed by atoms with van der Waals surface area (Å²) >= 11 is 0. The van der Waals surface area contributed by atoms with Gasteiger partial charge in [-0.3, -0.25) is 0 Å². The number of fused-ring (bicyclic) bond motifs is 7. The molecule has 0 aromatic carbocycles. The van der Waals surface area contributed by atoms with Gasteiger partial charge >= 0.3 is 0 Å². The number of hydrogen-bond donors (Lipinski definition) is 0. The fourth-order valence-corrected chi connectivity index (χ4v) is 12.4. The van der Waals surface area contributed by atoms with Crippen LogP contribution in [0.15, 0.2) is 0 Å². The summed E-state index contributed by atoms with van der Waals surface area (Å²) < 4.78 is 0. The zero-order valence-electron chi connectivity index (χ0n) is 26.2. The molecule has 5 rings (SSSR count). The lowest BCUT2D eigenvalue weighted by Gasteiger charge is -2.73. The summed E-state index contributed by atoms with van der Waals surface area (Å²) in [5.74, 6) is 5.52. The van der Waals surface area contributed by atoms with Crippen LogP contribution in [-0.2, 0) is 0 Å². The molecule has 0 amide bonds. The maximum Gasteiger partial charge on any atom is -0.0212 e. The van der Waals surface area contributed by atoms with E-state index in [0.29, 0.717) is 32.5 Å². The Labute approximate surface area is 221 Å². The van der Waals surface area contributed by atoms with E-state index in [4.69, 9.17) is 0 Å². The van der Waals surface area contributed by atoms with Crippen molar-refractivity contribution < 1.29 is 0 Å². The van der Waals surface area contributed by atoms with E-state index < -0.39 is 0 Å². The first kappa shape index (κ1) is 28.0. The van der Waals surface area contributed by atoms with Crippen LogP contribution in [0, 0.1) is 68.0 Å². The summed E-state index contributed by atoms with van der Waals surface area (Å²) in [6, 6.07) is 0. The Kier molecular flexibility index (Phi) is 7.02. The summed E-state index contributed by atoms with van der Waals surface area (Å²) in [5, 5.41) is 0. The van der Waals surface area contributed by atoms with Gasteiger partial charge in [0.15, 0.2) is 0 Å². The lowest BCUT2D eigenvalue weighted by atomic mass is 9.31. The quantitative estimate of drug-likeness (QED) is 0.365. The van der Waals surface area contributed by atoms with Gasteiger partial charge in [-0.1, -0.05) is 89.5 Å². The summed E-state index contributed by atoms with van der Waals surface area (Å²) in [6.07, 6.45) is 16.6. The molecule has 0 saturated heterocycles. The van der Waals surface area contributed by atoms with Crippen molar-refractivity contribution >= 4 is 0 Å². The lowest BCUT2D eigenvalue weighted by Crippen LogP contribution is -2.66. The molecule has 0 spiro atoms. The third-order valence-corrected chi connectivity index (χ3v) is 15.6. The van der Waals surface area contributed by atoms with Crippen LogP contribution in [0.5, 0.6) is 0 Å². The SMILES string of the molecule is CC.CC(C)C(C)(C)C12CCCC1[C@H]1CCC3[C@@]4(C)CC[C@H](C)C(C)(C)C4CC[C@@]3(C)[C@]1(C)CC2. The van der Waals surface area contributed by atoms with Gasteiger partial charge in [0.2, 0.25) is 0 Å². The highest BCUT2D eigenvalue weighted by atomic mass is 14.8. The van der Waals surface area contributed by atoms with Gasteiger partial charge in [0.25, 0.3) is 0 Å². The van der Waals surface area contributed by atoms with Crippen LogP contribution in [0.2, 0.25) is 0 Å². The lowest BCUT2D eigenvalue weighted by molar-refractivity contribution is -0.249. The standard InChI is InChI=1S/C33H58.C2H6/c1-22(2)29(6,7)33-17-11-12-25(33)24-13-14-27-30(8)18-15-23(3)28(4,5)26(30)16-19-32(27,10)31(24,9)20-21-33;1-2/h22-27H,11-21H2,1-10H3;1-2H3/t23-,24+,25?,26?,27?,30-,31+,32+,33?;/m0./s1. The molecule has 0 bridgehead atoms. The Morgan fingerprint density at radius 1 is 0.657 bits per heavy atom. The van der Waals surface area contributed by atoms with Gasteiger partial charge in [0.1, 0.15) is 0 Å². The van der Waals surface area contributed by atoms with Crippen LogP contribution in [0.4, 0.5) is 0 Å². The van der Waals surface area contributed by atoms with E-state index in [1.54, 1.807) is 0 Å². The van der Waals surface area contributed by atoms with E-state index in [1.807, 2.05) is 13.8 Å². The van der Waals surface area contributed by atoms with Crippen LogP contribution < -0.4 is 0 Å². The minimum absolute atomic E-state index is 0.473. The monoisotopic (exact) mass is 485 g/mol. The minimum Gasteiger partial charge on any atom is -0.0683 e. The largest absolute Gasteiger partial charge is 0.0683 e. The van der Waals surface area contributed by atoms with Crippen molar-refractivity contribution in [3.05, 3.63) is 0 Å². The van der Waals surface area contributed by atoms with Crippen molar-refractivity contribution in [2.45, 2.75) is 154 Å². The average Bonchev–Trinajstić information content (AvgIpc) is 3.24. The highest BCUT2D eigenvalue weighted by molar-refractivity contribution is 5.19. The first-order chi connectivity index (χ1) is 16.2. The molecule has 5 aliphatic rings. The summed E-state index contributed by atoms with van der Waals surface area (Å²) in [6.45, 7) is 30.6. The van der Waals surface area contributed by atoms with Crippen molar-refractivity contribution in [2.24, 2.45) is 68.0 Å². The first-order valence-corrected chi connectivity index (χ1v) is 16.2. The average molecular weight is 485 g/mol. The predicted molar refractivity (Wildman–Crippen MR) is 154 cm³/mol. The summed E-state index contributed by atoms with van der Waals surface area (Å²) in [7, 11) is 0.